The molecule has 2 aromatic rings. The van der Waals surface area contributed by atoms with Crippen LogP contribution in [0.3, 0.4) is 0 Å². The molecular formula is C12H14N2O4S. The van der Waals surface area contributed by atoms with Crippen molar-refractivity contribution in [3.63, 3.8) is 0 Å². The summed E-state index contributed by atoms with van der Waals surface area (Å²) in [4.78, 5) is 0.0234. The molecule has 1 aromatic heterocycles. The second kappa shape index (κ2) is 5.33. The predicted octanol–water partition coefficient (Wildman–Crippen LogP) is 1.55. The molecule has 0 radical (unpaired) electrons. The van der Waals surface area contributed by atoms with E-state index in [1.165, 1.54) is 19.2 Å². The van der Waals surface area contributed by atoms with Crippen molar-refractivity contribution in [1.29, 1.82) is 0 Å². The maximum absolute atomic E-state index is 11.3. The van der Waals surface area contributed by atoms with Crippen molar-refractivity contribution in [2.75, 3.05) is 12.4 Å². The van der Waals surface area contributed by atoms with Gasteiger partial charge in [-0.3, -0.25) is 0 Å². The SMILES string of the molecule is COc1ccc(S(N)(=O)=O)cc1NCc1ccco1. The van der Waals surface area contributed by atoms with Gasteiger partial charge in [-0.25, -0.2) is 13.6 Å². The van der Waals surface area contributed by atoms with Gasteiger partial charge < -0.3 is 14.5 Å². The van der Waals surface area contributed by atoms with Crippen molar-refractivity contribution in [2.24, 2.45) is 5.14 Å². The lowest BCUT2D eigenvalue weighted by Crippen LogP contribution is -2.12. The van der Waals surface area contributed by atoms with E-state index in [9.17, 15) is 8.42 Å². The maximum Gasteiger partial charge on any atom is 0.238 e. The predicted molar refractivity (Wildman–Crippen MR) is 70.4 cm³/mol. The zero-order valence-corrected chi connectivity index (χ0v) is 11.1. The number of methoxy groups -OCH3 is 1. The third-order valence-corrected chi connectivity index (χ3v) is 3.44. The molecule has 1 aromatic carbocycles. The van der Waals surface area contributed by atoms with Crippen molar-refractivity contribution >= 4 is 15.7 Å². The minimum absolute atomic E-state index is 0.0234. The van der Waals surface area contributed by atoms with Crippen LogP contribution in [0.2, 0.25) is 0 Å². The van der Waals surface area contributed by atoms with Crippen LogP contribution >= 0.6 is 0 Å². The fourth-order valence-corrected chi connectivity index (χ4v) is 2.14. The molecule has 0 spiro atoms. The third-order valence-electron chi connectivity index (χ3n) is 2.53. The molecule has 0 saturated heterocycles. The molecule has 0 amide bonds. The quantitative estimate of drug-likeness (QED) is 0.867. The fourth-order valence-electron chi connectivity index (χ4n) is 1.60. The Hall–Kier alpha value is -1.99. The number of ether oxygens (including phenoxy) is 1. The Morgan fingerprint density at radius 2 is 2.16 bits per heavy atom. The van der Waals surface area contributed by atoms with E-state index >= 15 is 0 Å². The van der Waals surface area contributed by atoms with Crippen LogP contribution in [-0.4, -0.2) is 15.5 Å². The molecule has 0 atom stereocenters. The van der Waals surface area contributed by atoms with Crippen LogP contribution in [0.25, 0.3) is 0 Å². The van der Waals surface area contributed by atoms with E-state index in [1.54, 1.807) is 18.4 Å². The lowest BCUT2D eigenvalue weighted by molar-refractivity contribution is 0.416. The highest BCUT2D eigenvalue weighted by Crippen LogP contribution is 2.27. The number of benzene rings is 1. The van der Waals surface area contributed by atoms with E-state index in [4.69, 9.17) is 14.3 Å². The van der Waals surface area contributed by atoms with E-state index in [-0.39, 0.29) is 4.90 Å². The van der Waals surface area contributed by atoms with Gasteiger partial charge >= 0.3 is 0 Å². The van der Waals surface area contributed by atoms with Crippen molar-refractivity contribution in [2.45, 2.75) is 11.4 Å². The molecule has 0 aliphatic heterocycles. The molecule has 2 rings (SSSR count). The molecular weight excluding hydrogens is 268 g/mol. The largest absolute Gasteiger partial charge is 0.495 e. The van der Waals surface area contributed by atoms with Crippen molar-refractivity contribution < 1.29 is 17.6 Å². The number of nitrogens with one attached hydrogen (secondary N) is 1. The zero-order chi connectivity index (χ0) is 13.9. The van der Waals surface area contributed by atoms with Gasteiger partial charge in [0.05, 0.1) is 30.5 Å². The molecule has 1 heterocycles. The summed E-state index contributed by atoms with van der Waals surface area (Å²) in [7, 11) is -2.24. The summed E-state index contributed by atoms with van der Waals surface area (Å²) < 4.78 is 33.0. The minimum atomic E-state index is -3.74. The Labute approximate surface area is 111 Å². The summed E-state index contributed by atoms with van der Waals surface area (Å²) in [5.41, 5.74) is 0.533. The molecule has 102 valence electrons. The molecule has 0 aliphatic rings. The third kappa shape index (κ3) is 3.27. The van der Waals surface area contributed by atoms with Crippen LogP contribution < -0.4 is 15.2 Å². The molecule has 0 bridgehead atoms. The van der Waals surface area contributed by atoms with Crippen LogP contribution in [0.1, 0.15) is 5.76 Å². The number of nitrogens with two attached hydrogens (primary N) is 1. The first-order chi connectivity index (χ1) is 9.00. The van der Waals surface area contributed by atoms with Crippen molar-refractivity contribution in [1.82, 2.24) is 0 Å². The normalized spacial score (nSPS) is 11.3. The molecule has 19 heavy (non-hydrogen) atoms. The first kappa shape index (κ1) is 13.4. The standard InChI is InChI=1S/C12H14N2O4S/c1-17-12-5-4-10(19(13,15)16)7-11(12)14-8-9-3-2-6-18-9/h2-7,14H,8H2,1H3,(H2,13,15,16). The van der Waals surface area contributed by atoms with Gasteiger partial charge in [-0.05, 0) is 30.3 Å². The van der Waals surface area contributed by atoms with E-state index in [0.29, 0.717) is 18.0 Å². The molecule has 0 aliphatic carbocycles. The van der Waals surface area contributed by atoms with E-state index in [0.717, 1.165) is 5.76 Å². The number of rotatable bonds is 5. The van der Waals surface area contributed by atoms with Gasteiger partial charge in [-0.15, -0.1) is 0 Å². The van der Waals surface area contributed by atoms with Gasteiger partial charge in [-0.1, -0.05) is 0 Å². The topological polar surface area (TPSA) is 94.6 Å². The molecule has 0 unspecified atom stereocenters. The van der Waals surface area contributed by atoms with Gasteiger partial charge in [0.1, 0.15) is 11.5 Å². The second-order valence-electron chi connectivity index (χ2n) is 3.84. The van der Waals surface area contributed by atoms with E-state index in [2.05, 4.69) is 5.32 Å². The van der Waals surface area contributed by atoms with Gasteiger partial charge in [0, 0.05) is 0 Å². The summed E-state index contributed by atoms with van der Waals surface area (Å²) in [6.45, 7) is 0.414. The monoisotopic (exact) mass is 282 g/mol. The summed E-state index contributed by atoms with van der Waals surface area (Å²) in [5, 5.41) is 8.13. The number of primary sulfonamides is 1. The van der Waals surface area contributed by atoms with Gasteiger partial charge in [-0.2, -0.15) is 0 Å². The average molecular weight is 282 g/mol. The van der Waals surface area contributed by atoms with Crippen LogP contribution in [0, 0.1) is 0 Å². The number of hydrogen-bond donors (Lipinski definition) is 2. The fraction of sp³-hybridized carbons (Fsp3) is 0.167. The first-order valence-corrected chi connectivity index (χ1v) is 7.02. The van der Waals surface area contributed by atoms with Crippen molar-refractivity contribution in [3.05, 3.63) is 42.4 Å². The van der Waals surface area contributed by atoms with Gasteiger partial charge in [0.15, 0.2) is 0 Å². The zero-order valence-electron chi connectivity index (χ0n) is 10.3. The first-order valence-electron chi connectivity index (χ1n) is 5.48. The minimum Gasteiger partial charge on any atom is -0.495 e. The smallest absolute Gasteiger partial charge is 0.238 e. The summed E-state index contributed by atoms with van der Waals surface area (Å²) in [5.74, 6) is 1.25. The highest BCUT2D eigenvalue weighted by atomic mass is 32.2. The summed E-state index contributed by atoms with van der Waals surface area (Å²) in [6, 6.07) is 7.95. The van der Waals surface area contributed by atoms with Crippen LogP contribution in [0.5, 0.6) is 5.75 Å². The molecule has 3 N–H and O–H groups in total. The van der Waals surface area contributed by atoms with Crippen LogP contribution in [0.4, 0.5) is 5.69 Å². The van der Waals surface area contributed by atoms with Crippen LogP contribution in [0.15, 0.2) is 45.9 Å². The lowest BCUT2D eigenvalue weighted by Gasteiger charge is -2.11. The summed E-state index contributed by atoms with van der Waals surface area (Å²) in [6.07, 6.45) is 1.56. The Bertz CT molecular complexity index is 650. The second-order valence-corrected chi connectivity index (χ2v) is 5.40. The van der Waals surface area contributed by atoms with Gasteiger partial charge in [0.2, 0.25) is 10.0 Å². The Balaban J connectivity index is 2.26. The Morgan fingerprint density at radius 1 is 1.37 bits per heavy atom. The molecule has 7 heteroatoms. The molecule has 6 nitrogen and oxygen atoms in total. The summed E-state index contributed by atoms with van der Waals surface area (Å²) >= 11 is 0. The van der Waals surface area contributed by atoms with E-state index < -0.39 is 10.0 Å². The van der Waals surface area contributed by atoms with Crippen LogP contribution in [-0.2, 0) is 16.6 Å². The van der Waals surface area contributed by atoms with E-state index in [1.807, 2.05) is 6.07 Å². The maximum atomic E-state index is 11.3. The molecule has 0 fully saturated rings. The number of sulfonamides is 1. The Morgan fingerprint density at radius 3 is 2.74 bits per heavy atom. The average Bonchev–Trinajstić information content (AvgIpc) is 2.88. The number of furan rings is 1. The molecule has 0 saturated carbocycles. The van der Waals surface area contributed by atoms with Gasteiger partial charge in [0.25, 0.3) is 0 Å². The Kier molecular flexibility index (Phi) is 3.77. The highest BCUT2D eigenvalue weighted by molar-refractivity contribution is 7.89. The highest BCUT2D eigenvalue weighted by Gasteiger charge is 2.12. The van der Waals surface area contributed by atoms with Crippen molar-refractivity contribution in [3.8, 4) is 5.75 Å². The number of hydrogen-bond acceptors (Lipinski definition) is 5. The number of anilines is 1. The lowest BCUT2D eigenvalue weighted by atomic mass is 10.3.